The molecule has 3 aromatic rings. The lowest BCUT2D eigenvalue weighted by atomic mass is 10.2. The van der Waals surface area contributed by atoms with Crippen LogP contribution in [0.4, 0.5) is 5.69 Å². The minimum absolute atomic E-state index is 0.126. The maximum atomic E-state index is 12.7. The number of hydrogen-bond donors (Lipinski definition) is 0. The number of aryl methyl sites for hydroxylation is 2. The summed E-state index contributed by atoms with van der Waals surface area (Å²) in [5.74, 6) is 0.282. The van der Waals surface area contributed by atoms with Crippen molar-refractivity contribution in [2.75, 3.05) is 18.1 Å². The third kappa shape index (κ3) is 3.33. The molecule has 0 unspecified atom stereocenters. The standard InChI is InChI=1S/C21H22N2O3/c1-4-23(17-11-7-5-9-15(17)2)21(25)14-26-19-13-20(24)22(3)18-12-8-6-10-16(18)19/h5-13H,4,14H2,1-3H3. The van der Waals surface area contributed by atoms with Crippen LogP contribution in [0.3, 0.4) is 0 Å². The molecule has 0 radical (unpaired) electrons. The van der Waals surface area contributed by atoms with Crippen LogP contribution in [-0.2, 0) is 11.8 Å². The second-order valence-electron chi connectivity index (χ2n) is 6.14. The first-order valence-corrected chi connectivity index (χ1v) is 8.60. The maximum Gasteiger partial charge on any atom is 0.264 e. The number of ether oxygens (including phenoxy) is 1. The van der Waals surface area contributed by atoms with Crippen LogP contribution in [0.15, 0.2) is 59.4 Å². The van der Waals surface area contributed by atoms with Crippen molar-refractivity contribution in [3.8, 4) is 5.75 Å². The molecule has 0 atom stereocenters. The van der Waals surface area contributed by atoms with Gasteiger partial charge in [-0.3, -0.25) is 9.59 Å². The third-order valence-electron chi connectivity index (χ3n) is 4.49. The van der Waals surface area contributed by atoms with Crippen molar-refractivity contribution in [2.24, 2.45) is 7.05 Å². The summed E-state index contributed by atoms with van der Waals surface area (Å²) in [6.07, 6.45) is 0. The molecule has 3 rings (SSSR count). The van der Waals surface area contributed by atoms with Crippen LogP contribution in [0.1, 0.15) is 12.5 Å². The third-order valence-corrected chi connectivity index (χ3v) is 4.49. The van der Waals surface area contributed by atoms with Crippen molar-refractivity contribution in [2.45, 2.75) is 13.8 Å². The first-order chi connectivity index (χ1) is 12.5. The van der Waals surface area contributed by atoms with Crippen LogP contribution in [0.2, 0.25) is 0 Å². The molecular weight excluding hydrogens is 328 g/mol. The summed E-state index contributed by atoms with van der Waals surface area (Å²) >= 11 is 0. The van der Waals surface area contributed by atoms with Crippen LogP contribution in [0.5, 0.6) is 5.75 Å². The number of nitrogens with zero attached hydrogens (tertiary/aromatic N) is 2. The van der Waals surface area contributed by atoms with E-state index >= 15 is 0 Å². The van der Waals surface area contributed by atoms with Gasteiger partial charge in [0.05, 0.1) is 5.52 Å². The number of para-hydroxylation sites is 2. The Morgan fingerprint density at radius 2 is 1.81 bits per heavy atom. The average molecular weight is 350 g/mol. The molecule has 0 aliphatic rings. The summed E-state index contributed by atoms with van der Waals surface area (Å²) in [4.78, 5) is 26.5. The van der Waals surface area contributed by atoms with Gasteiger partial charge in [-0.15, -0.1) is 0 Å². The Kier molecular flexibility index (Phi) is 5.07. The van der Waals surface area contributed by atoms with E-state index in [2.05, 4.69) is 0 Å². The van der Waals surface area contributed by atoms with Gasteiger partial charge in [-0.25, -0.2) is 0 Å². The lowest BCUT2D eigenvalue weighted by Crippen LogP contribution is -2.35. The van der Waals surface area contributed by atoms with Crippen molar-refractivity contribution < 1.29 is 9.53 Å². The topological polar surface area (TPSA) is 51.5 Å². The fraction of sp³-hybridized carbons (Fsp3) is 0.238. The van der Waals surface area contributed by atoms with Crippen LogP contribution in [0, 0.1) is 6.92 Å². The summed E-state index contributed by atoms with van der Waals surface area (Å²) in [5, 5.41) is 0.807. The highest BCUT2D eigenvalue weighted by Gasteiger charge is 2.17. The van der Waals surface area contributed by atoms with Gasteiger partial charge in [0, 0.05) is 30.7 Å². The molecular formula is C21H22N2O3. The van der Waals surface area contributed by atoms with Gasteiger partial charge in [0.2, 0.25) is 0 Å². The highest BCUT2D eigenvalue weighted by atomic mass is 16.5. The van der Waals surface area contributed by atoms with E-state index in [-0.39, 0.29) is 18.1 Å². The van der Waals surface area contributed by atoms with Gasteiger partial charge in [-0.1, -0.05) is 30.3 Å². The van der Waals surface area contributed by atoms with E-state index in [1.165, 1.54) is 6.07 Å². The van der Waals surface area contributed by atoms with E-state index in [1.807, 2.05) is 62.4 Å². The van der Waals surface area contributed by atoms with E-state index < -0.39 is 0 Å². The predicted octanol–water partition coefficient (Wildman–Crippen LogP) is 3.28. The molecule has 0 spiro atoms. The molecule has 0 bridgehead atoms. The molecule has 1 heterocycles. The molecule has 1 amide bonds. The summed E-state index contributed by atoms with van der Waals surface area (Å²) in [6.45, 7) is 4.32. The van der Waals surface area contributed by atoms with E-state index in [0.29, 0.717) is 12.3 Å². The van der Waals surface area contributed by atoms with Crippen LogP contribution in [0.25, 0.3) is 10.9 Å². The van der Waals surface area contributed by atoms with E-state index in [0.717, 1.165) is 22.2 Å². The predicted molar refractivity (Wildman–Crippen MR) is 104 cm³/mol. The molecule has 1 aromatic heterocycles. The Balaban J connectivity index is 1.86. The van der Waals surface area contributed by atoms with Crippen molar-refractivity contribution in [3.63, 3.8) is 0 Å². The molecule has 0 aliphatic heterocycles. The number of aromatic nitrogens is 1. The zero-order valence-corrected chi connectivity index (χ0v) is 15.2. The average Bonchev–Trinajstić information content (AvgIpc) is 2.65. The monoisotopic (exact) mass is 350 g/mol. The number of hydrogen-bond acceptors (Lipinski definition) is 3. The van der Waals surface area contributed by atoms with Gasteiger partial charge in [0.25, 0.3) is 11.5 Å². The highest BCUT2D eigenvalue weighted by molar-refractivity contribution is 5.95. The molecule has 2 aromatic carbocycles. The van der Waals surface area contributed by atoms with E-state index in [4.69, 9.17) is 4.74 Å². The van der Waals surface area contributed by atoms with Gasteiger partial charge in [0.15, 0.2) is 6.61 Å². The van der Waals surface area contributed by atoms with Gasteiger partial charge in [-0.2, -0.15) is 0 Å². The fourth-order valence-corrected chi connectivity index (χ4v) is 3.06. The summed E-state index contributed by atoms with van der Waals surface area (Å²) < 4.78 is 7.32. The summed E-state index contributed by atoms with van der Waals surface area (Å²) in [7, 11) is 1.72. The largest absolute Gasteiger partial charge is 0.483 e. The number of fused-ring (bicyclic) bond motifs is 1. The Labute approximate surface area is 152 Å². The molecule has 0 saturated carbocycles. The number of carbonyl (C=O) groups excluding carboxylic acids is 1. The molecule has 5 heteroatoms. The number of amides is 1. The van der Waals surface area contributed by atoms with E-state index in [1.54, 1.807) is 16.5 Å². The first kappa shape index (κ1) is 17.7. The fourth-order valence-electron chi connectivity index (χ4n) is 3.06. The van der Waals surface area contributed by atoms with Gasteiger partial charge >= 0.3 is 0 Å². The second kappa shape index (κ2) is 7.44. The Hall–Kier alpha value is -3.08. The SMILES string of the molecule is CCN(C(=O)COc1cc(=O)n(C)c2ccccc12)c1ccccc1C. The Bertz CT molecular complexity index is 1010. The Morgan fingerprint density at radius 1 is 1.12 bits per heavy atom. The number of benzene rings is 2. The lowest BCUT2D eigenvalue weighted by Gasteiger charge is -2.23. The van der Waals surface area contributed by atoms with Crippen molar-refractivity contribution >= 4 is 22.5 Å². The molecule has 0 fully saturated rings. The number of anilines is 1. The van der Waals surface area contributed by atoms with Crippen LogP contribution in [-0.4, -0.2) is 23.6 Å². The van der Waals surface area contributed by atoms with Gasteiger partial charge in [-0.05, 0) is 37.6 Å². The second-order valence-corrected chi connectivity index (χ2v) is 6.14. The summed E-state index contributed by atoms with van der Waals surface area (Å²) in [6, 6.07) is 16.7. The van der Waals surface area contributed by atoms with E-state index in [9.17, 15) is 9.59 Å². The number of rotatable bonds is 5. The van der Waals surface area contributed by atoms with Crippen molar-refractivity contribution in [1.82, 2.24) is 4.57 Å². The molecule has 26 heavy (non-hydrogen) atoms. The minimum Gasteiger partial charge on any atom is -0.483 e. The van der Waals surface area contributed by atoms with Crippen molar-refractivity contribution in [1.29, 1.82) is 0 Å². The molecule has 0 N–H and O–H groups in total. The lowest BCUT2D eigenvalue weighted by molar-refractivity contribution is -0.120. The summed E-state index contributed by atoms with van der Waals surface area (Å²) in [5.41, 5.74) is 2.50. The number of pyridine rings is 1. The molecule has 5 nitrogen and oxygen atoms in total. The quantitative estimate of drug-likeness (QED) is 0.710. The van der Waals surface area contributed by atoms with Crippen LogP contribution >= 0.6 is 0 Å². The molecule has 0 saturated heterocycles. The smallest absolute Gasteiger partial charge is 0.264 e. The number of carbonyl (C=O) groups is 1. The highest BCUT2D eigenvalue weighted by Crippen LogP contribution is 2.24. The Morgan fingerprint density at radius 3 is 2.54 bits per heavy atom. The van der Waals surface area contributed by atoms with Gasteiger partial charge in [0.1, 0.15) is 5.75 Å². The first-order valence-electron chi connectivity index (χ1n) is 8.60. The minimum atomic E-state index is -0.169. The molecule has 134 valence electrons. The van der Waals surface area contributed by atoms with Gasteiger partial charge < -0.3 is 14.2 Å². The van der Waals surface area contributed by atoms with Crippen LogP contribution < -0.4 is 15.2 Å². The maximum absolute atomic E-state index is 12.7. The zero-order valence-electron chi connectivity index (χ0n) is 15.2. The molecule has 0 aliphatic carbocycles. The number of likely N-dealkylation sites (N-methyl/N-ethyl adjacent to an activating group) is 1. The van der Waals surface area contributed by atoms with Crippen molar-refractivity contribution in [3.05, 3.63) is 70.5 Å². The zero-order chi connectivity index (χ0) is 18.7. The normalized spacial score (nSPS) is 10.7.